The molecule has 2 rings (SSSR count). The molecule has 0 heterocycles. The highest BCUT2D eigenvalue weighted by atomic mass is 14.6. The number of nitrogen functional groups attached to an aromatic ring is 1. The number of terminal acetylenes is 1. The molecule has 1 nitrogen and oxygen atoms in total. The van der Waals surface area contributed by atoms with E-state index >= 15 is 0 Å². The standard InChI is InChI=1S/C14H11N/c1-2-11-8-9-13(14(15)10-11)12-6-4-3-5-7-12/h1,3-10H,15H2. The van der Waals surface area contributed by atoms with Crippen LogP contribution >= 0.6 is 0 Å². The highest BCUT2D eigenvalue weighted by Crippen LogP contribution is 2.26. The fraction of sp³-hybridized carbons (Fsp3) is 0. The van der Waals surface area contributed by atoms with E-state index in [2.05, 4.69) is 5.92 Å². The molecule has 0 fully saturated rings. The fourth-order valence-electron chi connectivity index (χ4n) is 1.53. The minimum Gasteiger partial charge on any atom is -0.398 e. The van der Waals surface area contributed by atoms with Gasteiger partial charge in [0.05, 0.1) is 0 Å². The molecule has 0 aliphatic heterocycles. The van der Waals surface area contributed by atoms with Crippen LogP contribution in [0.1, 0.15) is 5.56 Å². The highest BCUT2D eigenvalue weighted by Gasteiger charge is 2.01. The minimum absolute atomic E-state index is 0.719. The smallest absolute Gasteiger partial charge is 0.0406 e. The predicted octanol–water partition coefficient (Wildman–Crippen LogP) is 2.92. The molecule has 0 saturated heterocycles. The summed E-state index contributed by atoms with van der Waals surface area (Å²) in [5.41, 5.74) is 9.60. The van der Waals surface area contributed by atoms with Gasteiger partial charge in [-0.1, -0.05) is 42.3 Å². The quantitative estimate of drug-likeness (QED) is 0.547. The second-order valence-electron chi connectivity index (χ2n) is 3.31. The Morgan fingerprint density at radius 1 is 1.00 bits per heavy atom. The monoisotopic (exact) mass is 193 g/mol. The molecule has 0 atom stereocenters. The maximum atomic E-state index is 5.93. The zero-order valence-corrected chi connectivity index (χ0v) is 8.27. The second kappa shape index (κ2) is 3.89. The zero-order chi connectivity index (χ0) is 10.7. The Morgan fingerprint density at radius 2 is 1.73 bits per heavy atom. The molecule has 0 spiro atoms. The van der Waals surface area contributed by atoms with Gasteiger partial charge in [0, 0.05) is 16.8 Å². The van der Waals surface area contributed by atoms with Gasteiger partial charge in [0.1, 0.15) is 0 Å². The van der Waals surface area contributed by atoms with Gasteiger partial charge in [-0.3, -0.25) is 0 Å². The van der Waals surface area contributed by atoms with Gasteiger partial charge in [-0.15, -0.1) is 6.42 Å². The van der Waals surface area contributed by atoms with E-state index in [1.54, 1.807) is 0 Å². The van der Waals surface area contributed by atoms with Crippen molar-refractivity contribution in [2.45, 2.75) is 0 Å². The number of rotatable bonds is 1. The van der Waals surface area contributed by atoms with Crippen molar-refractivity contribution in [3.05, 3.63) is 54.1 Å². The van der Waals surface area contributed by atoms with Crippen molar-refractivity contribution in [1.82, 2.24) is 0 Å². The third kappa shape index (κ3) is 1.84. The average Bonchev–Trinajstić information content (AvgIpc) is 2.30. The predicted molar refractivity (Wildman–Crippen MR) is 64.2 cm³/mol. The molecule has 2 aromatic carbocycles. The minimum atomic E-state index is 0.719. The van der Waals surface area contributed by atoms with Gasteiger partial charge in [-0.25, -0.2) is 0 Å². The van der Waals surface area contributed by atoms with Crippen LogP contribution in [0, 0.1) is 12.3 Å². The van der Waals surface area contributed by atoms with E-state index in [1.807, 2.05) is 48.5 Å². The molecule has 0 bridgehead atoms. The van der Waals surface area contributed by atoms with E-state index in [-0.39, 0.29) is 0 Å². The van der Waals surface area contributed by atoms with Gasteiger partial charge in [-0.2, -0.15) is 0 Å². The number of anilines is 1. The Morgan fingerprint density at radius 3 is 2.33 bits per heavy atom. The van der Waals surface area contributed by atoms with Crippen LogP contribution in [0.25, 0.3) is 11.1 Å². The molecule has 72 valence electrons. The molecule has 15 heavy (non-hydrogen) atoms. The molecule has 0 aromatic heterocycles. The molecule has 0 aliphatic rings. The first-order valence-corrected chi connectivity index (χ1v) is 4.73. The summed E-state index contributed by atoms with van der Waals surface area (Å²) in [6.07, 6.45) is 5.30. The average molecular weight is 193 g/mol. The van der Waals surface area contributed by atoms with Crippen molar-refractivity contribution >= 4 is 5.69 Å². The molecule has 0 unspecified atom stereocenters. The molecule has 2 aromatic rings. The van der Waals surface area contributed by atoms with Crippen LogP contribution in [-0.2, 0) is 0 Å². The Balaban J connectivity index is 2.52. The van der Waals surface area contributed by atoms with Crippen LogP contribution in [-0.4, -0.2) is 0 Å². The lowest BCUT2D eigenvalue weighted by Gasteiger charge is -2.05. The summed E-state index contributed by atoms with van der Waals surface area (Å²) >= 11 is 0. The van der Waals surface area contributed by atoms with Gasteiger partial charge < -0.3 is 5.73 Å². The van der Waals surface area contributed by atoms with Crippen molar-refractivity contribution in [2.24, 2.45) is 0 Å². The first-order valence-electron chi connectivity index (χ1n) is 4.73. The Labute approximate surface area is 89.6 Å². The number of nitrogens with two attached hydrogens (primary N) is 1. The lowest BCUT2D eigenvalue weighted by Crippen LogP contribution is -1.90. The van der Waals surface area contributed by atoms with Crippen LogP contribution in [0.4, 0.5) is 5.69 Å². The first kappa shape index (κ1) is 9.36. The Bertz CT molecular complexity index is 507. The van der Waals surface area contributed by atoms with Crippen LogP contribution in [0.3, 0.4) is 0 Å². The van der Waals surface area contributed by atoms with Crippen molar-refractivity contribution in [2.75, 3.05) is 5.73 Å². The highest BCUT2D eigenvalue weighted by molar-refractivity contribution is 5.77. The third-order valence-electron chi connectivity index (χ3n) is 2.30. The Kier molecular flexibility index (Phi) is 2.43. The largest absolute Gasteiger partial charge is 0.398 e. The van der Waals surface area contributed by atoms with Crippen LogP contribution in [0.15, 0.2) is 48.5 Å². The van der Waals surface area contributed by atoms with Crippen molar-refractivity contribution in [3.8, 4) is 23.5 Å². The number of hydrogen-bond acceptors (Lipinski definition) is 1. The van der Waals surface area contributed by atoms with Crippen molar-refractivity contribution < 1.29 is 0 Å². The molecule has 2 N–H and O–H groups in total. The van der Waals surface area contributed by atoms with Crippen molar-refractivity contribution in [1.29, 1.82) is 0 Å². The SMILES string of the molecule is C#Cc1ccc(-c2ccccc2)c(N)c1. The molecular weight excluding hydrogens is 182 g/mol. The number of hydrogen-bond donors (Lipinski definition) is 1. The normalized spacial score (nSPS) is 9.53. The summed E-state index contributed by atoms with van der Waals surface area (Å²) in [5, 5.41) is 0. The maximum absolute atomic E-state index is 5.93. The van der Waals surface area contributed by atoms with Gasteiger partial charge >= 0.3 is 0 Å². The summed E-state index contributed by atoms with van der Waals surface area (Å²) in [4.78, 5) is 0. The number of benzene rings is 2. The summed E-state index contributed by atoms with van der Waals surface area (Å²) in [6, 6.07) is 15.7. The van der Waals surface area contributed by atoms with Crippen molar-refractivity contribution in [3.63, 3.8) is 0 Å². The third-order valence-corrected chi connectivity index (χ3v) is 2.30. The molecule has 1 heteroatoms. The van der Waals surface area contributed by atoms with Crippen LogP contribution < -0.4 is 5.73 Å². The zero-order valence-electron chi connectivity index (χ0n) is 8.27. The topological polar surface area (TPSA) is 26.0 Å². The lowest BCUT2D eigenvalue weighted by molar-refractivity contribution is 1.59. The maximum Gasteiger partial charge on any atom is 0.0406 e. The summed E-state index contributed by atoms with van der Waals surface area (Å²) in [7, 11) is 0. The molecule has 0 aliphatic carbocycles. The van der Waals surface area contributed by atoms with Gasteiger partial charge in [0.15, 0.2) is 0 Å². The van der Waals surface area contributed by atoms with E-state index in [4.69, 9.17) is 12.2 Å². The van der Waals surface area contributed by atoms with Gasteiger partial charge in [-0.05, 0) is 17.7 Å². The fourth-order valence-corrected chi connectivity index (χ4v) is 1.53. The molecule has 0 saturated carbocycles. The lowest BCUT2D eigenvalue weighted by atomic mass is 10.0. The molecule has 0 amide bonds. The second-order valence-corrected chi connectivity index (χ2v) is 3.31. The van der Waals surface area contributed by atoms with Gasteiger partial charge in [0.2, 0.25) is 0 Å². The first-order chi connectivity index (χ1) is 7.31. The van der Waals surface area contributed by atoms with E-state index < -0.39 is 0 Å². The Hall–Kier alpha value is -2.20. The molecular formula is C14H11N. The van der Waals surface area contributed by atoms with E-state index in [1.165, 1.54) is 0 Å². The summed E-state index contributed by atoms with van der Waals surface area (Å²) < 4.78 is 0. The van der Waals surface area contributed by atoms with Crippen LogP contribution in [0.5, 0.6) is 0 Å². The molecule has 0 radical (unpaired) electrons. The van der Waals surface area contributed by atoms with Crippen LogP contribution in [0.2, 0.25) is 0 Å². The summed E-state index contributed by atoms with van der Waals surface area (Å²) in [5.74, 6) is 2.57. The van der Waals surface area contributed by atoms with Gasteiger partial charge in [0.25, 0.3) is 0 Å². The summed E-state index contributed by atoms with van der Waals surface area (Å²) in [6.45, 7) is 0. The van der Waals surface area contributed by atoms with E-state index in [9.17, 15) is 0 Å². The van der Waals surface area contributed by atoms with E-state index in [0.29, 0.717) is 0 Å². The van der Waals surface area contributed by atoms with E-state index in [0.717, 1.165) is 22.4 Å².